The van der Waals surface area contributed by atoms with Gasteiger partial charge in [0.2, 0.25) is 5.95 Å². The molecular formula is C26H23BrN6O2. The number of rotatable bonds is 6. The summed E-state index contributed by atoms with van der Waals surface area (Å²) in [6.07, 6.45) is 2.44. The number of carbonyl (C=O) groups is 1. The monoisotopic (exact) mass is 530 g/mol. The van der Waals surface area contributed by atoms with Gasteiger partial charge in [0, 0.05) is 21.9 Å². The summed E-state index contributed by atoms with van der Waals surface area (Å²) in [7, 11) is 0. The predicted molar refractivity (Wildman–Crippen MR) is 140 cm³/mol. The topological polar surface area (TPSA) is 108 Å². The third kappa shape index (κ3) is 4.68. The zero-order valence-electron chi connectivity index (χ0n) is 18.7. The van der Waals surface area contributed by atoms with Crippen LogP contribution in [0, 0.1) is 0 Å². The number of aromatic hydroxyl groups is 1. The molecule has 8 nitrogen and oxygen atoms in total. The number of phenolic OH excluding ortho intramolecular Hbond substituents is 1. The van der Waals surface area contributed by atoms with Crippen molar-refractivity contribution in [2.45, 2.75) is 13.0 Å². The van der Waals surface area contributed by atoms with Gasteiger partial charge < -0.3 is 16.2 Å². The van der Waals surface area contributed by atoms with Gasteiger partial charge in [-0.3, -0.25) is 4.90 Å². The van der Waals surface area contributed by atoms with Crippen molar-refractivity contribution in [3.05, 3.63) is 94.6 Å². The molecule has 0 saturated heterocycles. The average molecular weight is 531 g/mol. The number of fused-ring (bicyclic) bond motifs is 1. The fourth-order valence-corrected chi connectivity index (χ4v) is 4.49. The van der Waals surface area contributed by atoms with E-state index in [0.717, 1.165) is 27.0 Å². The van der Waals surface area contributed by atoms with Gasteiger partial charge in [0.15, 0.2) is 5.82 Å². The second-order valence-corrected chi connectivity index (χ2v) is 8.93. The highest BCUT2D eigenvalue weighted by Crippen LogP contribution is 2.38. The number of carbonyl (C=O) groups excluding carboxylic acids is 1. The minimum Gasteiger partial charge on any atom is -0.508 e. The molecule has 0 fully saturated rings. The molecule has 0 saturated carbocycles. The van der Waals surface area contributed by atoms with Crippen LogP contribution in [0.3, 0.4) is 0 Å². The number of phenols is 1. The lowest BCUT2D eigenvalue weighted by atomic mass is 10.1. The van der Waals surface area contributed by atoms with E-state index >= 15 is 0 Å². The molecule has 2 amide bonds. The summed E-state index contributed by atoms with van der Waals surface area (Å²) in [6.45, 7) is 0.842. The number of aromatic nitrogens is 2. The van der Waals surface area contributed by atoms with E-state index in [1.165, 1.54) is 0 Å². The summed E-state index contributed by atoms with van der Waals surface area (Å²) in [5.74, 6) is 1.03. The Kier molecular flexibility index (Phi) is 6.35. The number of nitrogens with zero attached hydrogens (tertiary/aromatic N) is 4. The summed E-state index contributed by atoms with van der Waals surface area (Å²) < 4.78 is 0.820. The predicted octanol–water partition coefficient (Wildman–Crippen LogP) is 5.47. The third-order valence-corrected chi connectivity index (χ3v) is 6.34. The first-order valence-corrected chi connectivity index (χ1v) is 11.9. The molecule has 1 aliphatic rings. The number of halogens is 1. The number of para-hydroxylation sites is 1. The smallest absolute Gasteiger partial charge is 0.335 e. The average Bonchev–Trinajstić information content (AvgIpc) is 2.86. The third-order valence-electron chi connectivity index (χ3n) is 5.67. The molecule has 35 heavy (non-hydrogen) atoms. The molecule has 0 atom stereocenters. The maximum atomic E-state index is 13.9. The Bertz CT molecular complexity index is 1380. The lowest BCUT2D eigenvalue weighted by Gasteiger charge is -2.36. The fraction of sp³-hybridized carbons (Fsp3) is 0.115. The van der Waals surface area contributed by atoms with E-state index in [9.17, 15) is 9.90 Å². The number of nitrogens with two attached hydrogens (primary N) is 1. The van der Waals surface area contributed by atoms with Crippen molar-refractivity contribution in [2.75, 3.05) is 21.7 Å². The summed E-state index contributed by atoms with van der Waals surface area (Å²) in [5.41, 5.74) is 9.80. The minimum absolute atomic E-state index is 0.170. The largest absolute Gasteiger partial charge is 0.508 e. The molecule has 1 aliphatic heterocycles. The molecular weight excluding hydrogens is 508 g/mol. The van der Waals surface area contributed by atoms with Gasteiger partial charge in [-0.25, -0.2) is 14.7 Å². The number of hydrogen-bond donors (Lipinski definition) is 3. The number of benzene rings is 3. The Hall–Kier alpha value is -3.95. The van der Waals surface area contributed by atoms with Gasteiger partial charge in [-0.1, -0.05) is 24.3 Å². The van der Waals surface area contributed by atoms with E-state index < -0.39 is 0 Å². The lowest BCUT2D eigenvalue weighted by molar-refractivity contribution is 0.252. The van der Waals surface area contributed by atoms with Crippen molar-refractivity contribution < 1.29 is 9.90 Å². The molecule has 1 aromatic heterocycles. The van der Waals surface area contributed by atoms with Gasteiger partial charge in [-0.2, -0.15) is 4.98 Å². The Morgan fingerprint density at radius 1 is 1.06 bits per heavy atom. The van der Waals surface area contributed by atoms with Gasteiger partial charge in [-0.05, 0) is 83.0 Å². The number of urea groups is 1. The second kappa shape index (κ2) is 9.73. The first kappa shape index (κ1) is 22.8. The van der Waals surface area contributed by atoms with E-state index in [1.807, 2.05) is 48.5 Å². The zero-order chi connectivity index (χ0) is 24.4. The molecule has 0 aliphatic carbocycles. The van der Waals surface area contributed by atoms with Crippen LogP contribution in [0.2, 0.25) is 0 Å². The van der Waals surface area contributed by atoms with Gasteiger partial charge in [0.1, 0.15) is 5.75 Å². The summed E-state index contributed by atoms with van der Waals surface area (Å²) in [4.78, 5) is 26.4. The Morgan fingerprint density at radius 3 is 2.63 bits per heavy atom. The maximum absolute atomic E-state index is 13.9. The van der Waals surface area contributed by atoms with E-state index in [4.69, 9.17) is 10.7 Å². The molecule has 0 spiro atoms. The van der Waals surface area contributed by atoms with Gasteiger partial charge >= 0.3 is 6.03 Å². The number of amides is 2. The number of anilines is 5. The molecule has 4 aromatic rings. The van der Waals surface area contributed by atoms with Crippen LogP contribution < -0.4 is 20.9 Å². The molecule has 5 rings (SSSR count). The number of hydrogen-bond acceptors (Lipinski definition) is 6. The highest BCUT2D eigenvalue weighted by molar-refractivity contribution is 9.10. The molecule has 9 heteroatoms. The molecule has 4 N–H and O–H groups in total. The Balaban J connectivity index is 1.59. The SMILES string of the molecule is NCCc1cccc(N2C(=O)N(c3ccccc3Br)Cc3cnc(Nc4ccc(O)cc4)nc32)c1. The van der Waals surface area contributed by atoms with Crippen molar-refractivity contribution in [1.82, 2.24) is 9.97 Å². The molecule has 0 unspecified atom stereocenters. The molecule has 0 radical (unpaired) electrons. The van der Waals surface area contributed by atoms with Crippen LogP contribution in [-0.2, 0) is 13.0 Å². The van der Waals surface area contributed by atoms with Crippen LogP contribution in [0.15, 0.2) is 83.5 Å². The van der Waals surface area contributed by atoms with Crippen molar-refractivity contribution in [1.29, 1.82) is 0 Å². The summed E-state index contributed by atoms with van der Waals surface area (Å²) in [6, 6.07) is 21.8. The van der Waals surface area contributed by atoms with E-state index in [-0.39, 0.29) is 11.8 Å². The molecule has 0 bridgehead atoms. The van der Waals surface area contributed by atoms with E-state index in [2.05, 4.69) is 26.2 Å². The van der Waals surface area contributed by atoms with Crippen LogP contribution in [0.4, 0.5) is 33.6 Å². The molecule has 176 valence electrons. The van der Waals surface area contributed by atoms with Crippen LogP contribution in [0.5, 0.6) is 5.75 Å². The van der Waals surface area contributed by atoms with Crippen molar-refractivity contribution in [3.63, 3.8) is 0 Å². The second-order valence-electron chi connectivity index (χ2n) is 8.08. The highest BCUT2D eigenvalue weighted by atomic mass is 79.9. The zero-order valence-corrected chi connectivity index (χ0v) is 20.3. The van der Waals surface area contributed by atoms with Crippen molar-refractivity contribution in [2.24, 2.45) is 5.73 Å². The van der Waals surface area contributed by atoms with Crippen LogP contribution in [0.1, 0.15) is 11.1 Å². The fourth-order valence-electron chi connectivity index (χ4n) is 4.00. The minimum atomic E-state index is -0.219. The normalized spacial score (nSPS) is 13.0. The van der Waals surface area contributed by atoms with Gasteiger partial charge in [-0.15, -0.1) is 0 Å². The first-order valence-electron chi connectivity index (χ1n) is 11.1. The van der Waals surface area contributed by atoms with E-state index in [1.54, 1.807) is 40.3 Å². The van der Waals surface area contributed by atoms with Gasteiger partial charge in [0.05, 0.1) is 17.9 Å². The molecule has 2 heterocycles. The number of nitrogens with one attached hydrogen (secondary N) is 1. The van der Waals surface area contributed by atoms with Gasteiger partial charge in [0.25, 0.3) is 0 Å². The van der Waals surface area contributed by atoms with Crippen molar-refractivity contribution >= 4 is 50.8 Å². The summed E-state index contributed by atoms with van der Waals surface area (Å²) >= 11 is 3.58. The van der Waals surface area contributed by atoms with Crippen LogP contribution in [0.25, 0.3) is 0 Å². The van der Waals surface area contributed by atoms with Crippen molar-refractivity contribution in [3.8, 4) is 5.75 Å². The van der Waals surface area contributed by atoms with Crippen LogP contribution >= 0.6 is 15.9 Å². The lowest BCUT2D eigenvalue weighted by Crippen LogP contribution is -2.45. The van der Waals surface area contributed by atoms with Crippen LogP contribution in [-0.4, -0.2) is 27.7 Å². The molecule has 3 aromatic carbocycles. The quantitative estimate of drug-likeness (QED) is 0.285. The van der Waals surface area contributed by atoms with E-state index in [0.29, 0.717) is 37.0 Å². The first-order chi connectivity index (χ1) is 17.0. The maximum Gasteiger partial charge on any atom is 0.335 e. The standard InChI is InChI=1S/C26H23BrN6O2/c27-22-6-1-2-7-23(22)32-16-18-15-29-25(30-19-8-10-21(34)11-9-19)31-24(18)33(26(32)35)20-5-3-4-17(14-20)12-13-28/h1-11,14-15,34H,12-13,16,28H2,(H,29,30,31). The summed E-state index contributed by atoms with van der Waals surface area (Å²) in [5, 5.41) is 12.7. The highest BCUT2D eigenvalue weighted by Gasteiger charge is 2.35. The Morgan fingerprint density at radius 2 is 1.86 bits per heavy atom. The Labute approximate surface area is 211 Å².